The van der Waals surface area contributed by atoms with E-state index in [4.69, 9.17) is 0 Å². The zero-order chi connectivity index (χ0) is 11.7. The Morgan fingerprint density at radius 1 is 1.35 bits per heavy atom. The molecule has 0 saturated carbocycles. The van der Waals surface area contributed by atoms with Crippen LogP contribution in [0.3, 0.4) is 0 Å². The van der Waals surface area contributed by atoms with Crippen molar-refractivity contribution in [3.63, 3.8) is 0 Å². The summed E-state index contributed by atoms with van der Waals surface area (Å²) < 4.78 is 13.4. The lowest BCUT2D eigenvalue weighted by molar-refractivity contribution is 0.434. The Bertz CT molecular complexity index is 458. The fourth-order valence-electron chi connectivity index (χ4n) is 2.50. The van der Waals surface area contributed by atoms with E-state index in [0.717, 1.165) is 30.8 Å². The van der Waals surface area contributed by atoms with Gasteiger partial charge in [0.25, 0.3) is 0 Å². The van der Waals surface area contributed by atoms with Crippen LogP contribution in [0.1, 0.15) is 30.9 Å². The van der Waals surface area contributed by atoms with Gasteiger partial charge >= 0.3 is 0 Å². The predicted octanol–water partition coefficient (Wildman–Crippen LogP) is 3.31. The van der Waals surface area contributed by atoms with Gasteiger partial charge in [-0.25, -0.2) is 4.98 Å². The van der Waals surface area contributed by atoms with Gasteiger partial charge in [-0.05, 0) is 25.3 Å². The first kappa shape index (κ1) is 11.0. The van der Waals surface area contributed by atoms with Gasteiger partial charge in [-0.3, -0.25) is 0 Å². The molecule has 2 heterocycles. The summed E-state index contributed by atoms with van der Waals surface area (Å²) in [7, 11) is 0. The number of likely N-dealkylation sites (tertiary alicyclic amines) is 1. The molecule has 17 heavy (non-hydrogen) atoms. The minimum atomic E-state index is -0.141. The monoisotopic (exact) mass is 250 g/mol. The standard InChI is InChI=1S/C13H15FN2S/c14-13-12(15-9-17-13)10-3-5-11(6-4-10)16-7-1-2-8-16/h3,5-6,9-10H,1-2,4,7-8H2. The SMILES string of the molecule is Fc1scnc1C1C=CC(N2CCCC2)=CC1. The van der Waals surface area contributed by atoms with E-state index >= 15 is 0 Å². The molecule has 1 fully saturated rings. The van der Waals surface area contributed by atoms with E-state index in [1.54, 1.807) is 5.51 Å². The number of halogens is 1. The lowest BCUT2D eigenvalue weighted by atomic mass is 9.96. The van der Waals surface area contributed by atoms with Crippen molar-refractivity contribution in [3.05, 3.63) is 40.3 Å². The lowest BCUT2D eigenvalue weighted by Gasteiger charge is -2.23. The summed E-state index contributed by atoms with van der Waals surface area (Å²) in [6.45, 7) is 2.32. The van der Waals surface area contributed by atoms with Gasteiger partial charge in [0.05, 0.1) is 11.2 Å². The van der Waals surface area contributed by atoms with Crippen LogP contribution in [0.5, 0.6) is 0 Å². The normalized spacial score (nSPS) is 24.2. The highest BCUT2D eigenvalue weighted by atomic mass is 32.1. The fraction of sp³-hybridized carbons (Fsp3) is 0.462. The van der Waals surface area contributed by atoms with E-state index in [1.165, 1.54) is 18.5 Å². The molecule has 1 unspecified atom stereocenters. The van der Waals surface area contributed by atoms with Crippen molar-refractivity contribution in [1.29, 1.82) is 0 Å². The van der Waals surface area contributed by atoms with Crippen molar-refractivity contribution in [3.8, 4) is 0 Å². The van der Waals surface area contributed by atoms with E-state index in [2.05, 4.69) is 28.1 Å². The summed E-state index contributed by atoms with van der Waals surface area (Å²) in [5.74, 6) is 0.118. The van der Waals surface area contributed by atoms with Gasteiger partial charge in [0.15, 0.2) is 5.13 Å². The van der Waals surface area contributed by atoms with Gasteiger partial charge < -0.3 is 4.90 Å². The molecule has 2 aliphatic rings. The van der Waals surface area contributed by atoms with Crippen LogP contribution in [-0.4, -0.2) is 23.0 Å². The third-order valence-electron chi connectivity index (χ3n) is 3.45. The zero-order valence-electron chi connectivity index (χ0n) is 9.60. The van der Waals surface area contributed by atoms with E-state index < -0.39 is 0 Å². The number of hydrogen-bond donors (Lipinski definition) is 0. The first-order valence-electron chi connectivity index (χ1n) is 6.07. The first-order chi connectivity index (χ1) is 8.34. The molecule has 1 aromatic heterocycles. The van der Waals surface area contributed by atoms with Crippen molar-refractivity contribution in [2.75, 3.05) is 13.1 Å². The number of nitrogens with zero attached hydrogens (tertiary/aromatic N) is 2. The van der Waals surface area contributed by atoms with Crippen molar-refractivity contribution in [2.45, 2.75) is 25.2 Å². The predicted molar refractivity (Wildman–Crippen MR) is 67.5 cm³/mol. The van der Waals surface area contributed by atoms with E-state index in [1.807, 2.05) is 0 Å². The maximum Gasteiger partial charge on any atom is 0.200 e. The maximum atomic E-state index is 13.4. The first-order valence-corrected chi connectivity index (χ1v) is 6.95. The summed E-state index contributed by atoms with van der Waals surface area (Å²) in [6, 6.07) is 0. The molecule has 2 nitrogen and oxygen atoms in total. The molecule has 3 rings (SSSR count). The molecule has 0 spiro atoms. The topological polar surface area (TPSA) is 16.1 Å². The van der Waals surface area contributed by atoms with Crippen LogP contribution in [0.4, 0.5) is 4.39 Å². The van der Waals surface area contributed by atoms with Gasteiger partial charge in [0.1, 0.15) is 0 Å². The Hall–Kier alpha value is -1.16. The molecule has 0 N–H and O–H groups in total. The minimum absolute atomic E-state index is 0.118. The van der Waals surface area contributed by atoms with E-state index in [-0.39, 0.29) is 11.0 Å². The number of hydrogen-bond acceptors (Lipinski definition) is 3. The van der Waals surface area contributed by atoms with E-state index in [0.29, 0.717) is 5.69 Å². The fourth-order valence-corrected chi connectivity index (χ4v) is 3.09. The Morgan fingerprint density at radius 2 is 2.18 bits per heavy atom. The third kappa shape index (κ3) is 2.14. The molecule has 1 aromatic rings. The molecule has 0 bridgehead atoms. The highest BCUT2D eigenvalue weighted by Gasteiger charge is 2.20. The molecule has 0 aromatic carbocycles. The summed E-state index contributed by atoms with van der Waals surface area (Å²) in [6.07, 6.45) is 9.87. The van der Waals surface area contributed by atoms with Crippen LogP contribution in [0.15, 0.2) is 29.4 Å². The largest absolute Gasteiger partial charge is 0.372 e. The maximum absolute atomic E-state index is 13.4. The molecular weight excluding hydrogens is 235 g/mol. The van der Waals surface area contributed by atoms with Gasteiger partial charge in [-0.1, -0.05) is 23.5 Å². The molecule has 1 saturated heterocycles. The smallest absolute Gasteiger partial charge is 0.200 e. The second-order valence-electron chi connectivity index (χ2n) is 4.54. The molecule has 4 heteroatoms. The van der Waals surface area contributed by atoms with Gasteiger partial charge in [0, 0.05) is 24.7 Å². The van der Waals surface area contributed by atoms with Crippen LogP contribution in [0.25, 0.3) is 0 Å². The van der Waals surface area contributed by atoms with Crippen LogP contribution >= 0.6 is 11.3 Å². The number of rotatable bonds is 2. The Morgan fingerprint density at radius 3 is 2.76 bits per heavy atom. The van der Waals surface area contributed by atoms with Crippen LogP contribution in [0.2, 0.25) is 0 Å². The molecule has 0 amide bonds. The van der Waals surface area contributed by atoms with E-state index in [9.17, 15) is 4.39 Å². The second-order valence-corrected chi connectivity index (χ2v) is 5.34. The van der Waals surface area contributed by atoms with Crippen molar-refractivity contribution >= 4 is 11.3 Å². The highest BCUT2D eigenvalue weighted by Crippen LogP contribution is 2.30. The number of allylic oxidation sites excluding steroid dienone is 3. The van der Waals surface area contributed by atoms with Crippen LogP contribution in [0, 0.1) is 5.13 Å². The van der Waals surface area contributed by atoms with Crippen LogP contribution < -0.4 is 0 Å². The average Bonchev–Trinajstić information content (AvgIpc) is 3.00. The highest BCUT2D eigenvalue weighted by molar-refractivity contribution is 7.08. The van der Waals surface area contributed by atoms with Gasteiger partial charge in [-0.15, -0.1) is 0 Å². The molecule has 90 valence electrons. The second kappa shape index (κ2) is 4.61. The number of thiazole rings is 1. The molecule has 1 atom stereocenters. The van der Waals surface area contributed by atoms with Gasteiger partial charge in [0.2, 0.25) is 0 Å². The van der Waals surface area contributed by atoms with Crippen molar-refractivity contribution in [1.82, 2.24) is 9.88 Å². The van der Waals surface area contributed by atoms with Crippen molar-refractivity contribution in [2.24, 2.45) is 0 Å². The summed E-state index contributed by atoms with van der Waals surface area (Å²) in [5, 5.41) is -0.141. The Balaban J connectivity index is 1.71. The minimum Gasteiger partial charge on any atom is -0.372 e. The van der Waals surface area contributed by atoms with Gasteiger partial charge in [-0.2, -0.15) is 4.39 Å². The summed E-state index contributed by atoms with van der Waals surface area (Å²) in [5.41, 5.74) is 3.48. The van der Waals surface area contributed by atoms with Crippen molar-refractivity contribution < 1.29 is 4.39 Å². The third-order valence-corrected chi connectivity index (χ3v) is 4.08. The Labute approximate surface area is 104 Å². The lowest BCUT2D eigenvalue weighted by Crippen LogP contribution is -2.19. The molecule has 1 aliphatic heterocycles. The molecular formula is C13H15FN2S. The molecule has 0 radical (unpaired) electrons. The molecule has 1 aliphatic carbocycles. The summed E-state index contributed by atoms with van der Waals surface area (Å²) >= 11 is 1.08. The zero-order valence-corrected chi connectivity index (χ0v) is 10.4. The number of aromatic nitrogens is 1. The summed E-state index contributed by atoms with van der Waals surface area (Å²) in [4.78, 5) is 6.52. The Kier molecular flexibility index (Phi) is 2.97. The average molecular weight is 250 g/mol. The van der Waals surface area contributed by atoms with Crippen LogP contribution in [-0.2, 0) is 0 Å². The quantitative estimate of drug-likeness (QED) is 0.800.